The summed E-state index contributed by atoms with van der Waals surface area (Å²) in [5, 5.41) is 0. The number of para-hydroxylation sites is 1. The Morgan fingerprint density at radius 2 is 1.78 bits per heavy atom. The molecule has 2 atom stereocenters. The molecule has 1 amide bonds. The van der Waals surface area contributed by atoms with Gasteiger partial charge in [0, 0.05) is 48.1 Å². The van der Waals surface area contributed by atoms with Gasteiger partial charge in [0.05, 0.1) is 12.9 Å². The Hall–Kier alpha value is -4.10. The first-order valence-electron chi connectivity index (χ1n) is 12.5. The van der Waals surface area contributed by atoms with Crippen LogP contribution in [0.15, 0.2) is 79.4 Å². The first-order valence-corrected chi connectivity index (χ1v) is 12.5. The number of benzene rings is 3. The molecule has 184 valence electrons. The molecular formula is C30H26N3O4+. The van der Waals surface area contributed by atoms with Crippen molar-refractivity contribution in [3.8, 4) is 17.2 Å². The zero-order chi connectivity index (χ0) is 25.0. The van der Waals surface area contributed by atoms with E-state index < -0.39 is 5.41 Å². The predicted molar refractivity (Wildman–Crippen MR) is 137 cm³/mol. The molecule has 0 N–H and O–H groups in total. The quantitative estimate of drug-likeness (QED) is 0.371. The summed E-state index contributed by atoms with van der Waals surface area (Å²) in [6.07, 6.45) is 6.35. The number of hydrogen-bond donors (Lipinski definition) is 0. The van der Waals surface area contributed by atoms with Crippen molar-refractivity contribution in [2.24, 2.45) is 0 Å². The first-order chi connectivity index (χ1) is 18.1. The fourth-order valence-corrected chi connectivity index (χ4v) is 6.17. The van der Waals surface area contributed by atoms with Crippen LogP contribution < -0.4 is 18.7 Å². The number of hydrogen-bond acceptors (Lipinski definition) is 5. The van der Waals surface area contributed by atoms with Crippen molar-refractivity contribution in [3.05, 3.63) is 109 Å². The molecule has 4 aromatic rings. The van der Waals surface area contributed by atoms with Crippen LogP contribution in [0.4, 0.5) is 5.69 Å². The van der Waals surface area contributed by atoms with E-state index in [0.717, 1.165) is 35.3 Å². The second kappa shape index (κ2) is 8.21. The zero-order valence-electron chi connectivity index (χ0n) is 20.3. The van der Waals surface area contributed by atoms with Gasteiger partial charge in [-0.3, -0.25) is 0 Å². The van der Waals surface area contributed by atoms with E-state index in [2.05, 4.69) is 21.7 Å². The maximum absolute atomic E-state index is 15.0. The number of aromatic nitrogens is 2. The number of aryl methyl sites for hydroxylation is 1. The number of carbonyl (C=O) groups is 1. The highest BCUT2D eigenvalue weighted by Gasteiger charge is 2.66. The van der Waals surface area contributed by atoms with Crippen molar-refractivity contribution in [1.29, 1.82) is 0 Å². The van der Waals surface area contributed by atoms with Crippen molar-refractivity contribution in [2.45, 2.75) is 24.9 Å². The summed E-state index contributed by atoms with van der Waals surface area (Å²) in [5.74, 6) is 2.10. The van der Waals surface area contributed by atoms with Crippen LogP contribution in [0.2, 0.25) is 0 Å². The third-order valence-electron chi connectivity index (χ3n) is 7.91. The van der Waals surface area contributed by atoms with Gasteiger partial charge in [-0.25, -0.2) is 14.3 Å². The molecule has 1 spiro atoms. The molecule has 7 heteroatoms. The lowest BCUT2D eigenvalue weighted by Gasteiger charge is -2.34. The topological polar surface area (TPSA) is 62.6 Å². The number of nitrogens with zero attached hydrogens (tertiary/aromatic N) is 3. The molecule has 3 aromatic carbocycles. The van der Waals surface area contributed by atoms with Crippen LogP contribution in [0.25, 0.3) is 0 Å². The second-order valence-electron chi connectivity index (χ2n) is 9.96. The van der Waals surface area contributed by atoms with E-state index >= 15 is 4.79 Å². The Balaban J connectivity index is 1.37. The highest BCUT2D eigenvalue weighted by atomic mass is 16.7. The van der Waals surface area contributed by atoms with Crippen LogP contribution >= 0.6 is 0 Å². The summed E-state index contributed by atoms with van der Waals surface area (Å²) in [7, 11) is 0. The summed E-state index contributed by atoms with van der Waals surface area (Å²) >= 11 is 0. The summed E-state index contributed by atoms with van der Waals surface area (Å²) in [6, 6.07) is 19.8. The average molecular weight is 493 g/mol. The van der Waals surface area contributed by atoms with Gasteiger partial charge in [0.1, 0.15) is 24.6 Å². The van der Waals surface area contributed by atoms with E-state index in [-0.39, 0.29) is 23.8 Å². The molecule has 0 fully saturated rings. The number of fused-ring (bicyclic) bond motifs is 5. The molecule has 0 bridgehead atoms. The summed E-state index contributed by atoms with van der Waals surface area (Å²) in [4.78, 5) is 19.2. The molecule has 7 rings (SSSR count). The molecule has 2 radical (unpaired) electrons. The van der Waals surface area contributed by atoms with Crippen molar-refractivity contribution >= 4 is 11.6 Å². The highest BCUT2D eigenvalue weighted by molar-refractivity contribution is 6.08. The number of rotatable bonds is 6. The number of ether oxygens (including phenoxy) is 3. The molecular weight excluding hydrogens is 466 g/mol. The predicted octanol–water partition coefficient (Wildman–Crippen LogP) is 4.49. The molecule has 0 saturated heterocycles. The smallest absolute Gasteiger partial charge is 0.338 e. The third-order valence-corrected chi connectivity index (χ3v) is 7.91. The lowest BCUT2D eigenvalue weighted by atomic mass is 9.77. The van der Waals surface area contributed by atoms with Crippen molar-refractivity contribution in [1.82, 2.24) is 14.0 Å². The zero-order valence-corrected chi connectivity index (χ0v) is 20.3. The molecule has 3 aliphatic heterocycles. The van der Waals surface area contributed by atoms with Gasteiger partial charge >= 0.3 is 5.91 Å². The Bertz CT molecular complexity index is 1500. The fourth-order valence-electron chi connectivity index (χ4n) is 6.17. The molecule has 4 heterocycles. The molecule has 0 saturated carbocycles. The van der Waals surface area contributed by atoms with E-state index in [4.69, 9.17) is 21.1 Å². The van der Waals surface area contributed by atoms with Crippen molar-refractivity contribution in [3.63, 3.8) is 0 Å². The lowest BCUT2D eigenvalue weighted by Crippen LogP contribution is -2.57. The van der Waals surface area contributed by atoms with Gasteiger partial charge in [-0.15, -0.1) is 0 Å². The van der Waals surface area contributed by atoms with E-state index in [1.165, 1.54) is 0 Å². The minimum Gasteiger partial charge on any atom is -0.491 e. The standard InChI is InChI=1S/C30H26N3O4/c1-21-7-9-22(10-8-21)17-33(14-4-12-32-13-11-31-19-32)25-6-3-2-5-23(25)30(29(33)34)18-35-26-16-28-27(15-24(26)30)36-20-37-28/h1-3,5-11,13,15-16,19H,4,12,14,17-18,20H2/q+1. The SMILES string of the molecule is [CH]c1ccc(C[N+]2(CCCn3ccnc3)C(=O)C3(COc4cc5c(cc43)OCO5)c3ccccc32)cc1. The Morgan fingerprint density at radius 3 is 2.59 bits per heavy atom. The lowest BCUT2D eigenvalue weighted by molar-refractivity contribution is -0.134. The van der Waals surface area contributed by atoms with Crippen molar-refractivity contribution < 1.29 is 19.0 Å². The van der Waals surface area contributed by atoms with Gasteiger partial charge in [-0.05, 0) is 24.6 Å². The molecule has 3 aliphatic rings. The van der Waals surface area contributed by atoms with Crippen LogP contribution in [0.3, 0.4) is 0 Å². The maximum Gasteiger partial charge on any atom is 0.338 e. The molecule has 37 heavy (non-hydrogen) atoms. The van der Waals surface area contributed by atoms with Crippen LogP contribution in [0.1, 0.15) is 28.7 Å². The monoisotopic (exact) mass is 492 g/mol. The van der Waals surface area contributed by atoms with Gasteiger partial charge in [0.15, 0.2) is 16.9 Å². The Morgan fingerprint density at radius 1 is 0.973 bits per heavy atom. The van der Waals surface area contributed by atoms with Gasteiger partial charge in [-0.1, -0.05) is 42.5 Å². The third kappa shape index (κ3) is 3.23. The fraction of sp³-hybridized carbons (Fsp3) is 0.233. The van der Waals surface area contributed by atoms with Crippen molar-refractivity contribution in [2.75, 3.05) is 19.9 Å². The van der Waals surface area contributed by atoms with Gasteiger partial charge in [-0.2, -0.15) is 0 Å². The second-order valence-corrected chi connectivity index (χ2v) is 9.96. The average Bonchev–Trinajstić information content (AvgIpc) is 3.70. The number of carbonyl (C=O) groups excluding carboxylic acids is 1. The highest BCUT2D eigenvalue weighted by Crippen LogP contribution is 2.57. The van der Waals surface area contributed by atoms with E-state index in [0.29, 0.717) is 35.9 Å². The van der Waals surface area contributed by atoms with Crippen LogP contribution in [0, 0.1) is 6.92 Å². The van der Waals surface area contributed by atoms with Crippen LogP contribution in [-0.4, -0.2) is 35.4 Å². The number of amides is 1. The molecule has 1 aromatic heterocycles. The molecule has 0 aliphatic carbocycles. The minimum atomic E-state index is -0.921. The summed E-state index contributed by atoms with van der Waals surface area (Å²) < 4.78 is 19.7. The molecule has 7 nitrogen and oxygen atoms in total. The Labute approximate surface area is 215 Å². The number of quaternary nitrogens is 1. The first kappa shape index (κ1) is 22.1. The minimum absolute atomic E-state index is 0.119. The normalized spacial score (nSPS) is 22.8. The van der Waals surface area contributed by atoms with Crippen LogP contribution in [-0.2, 0) is 23.3 Å². The maximum atomic E-state index is 15.0. The summed E-state index contributed by atoms with van der Waals surface area (Å²) in [5.41, 5.74) is 3.70. The number of imidazole rings is 1. The van der Waals surface area contributed by atoms with E-state index in [1.54, 1.807) is 6.20 Å². The Kier molecular flexibility index (Phi) is 4.91. The van der Waals surface area contributed by atoms with Gasteiger partial charge in [0.25, 0.3) is 0 Å². The van der Waals surface area contributed by atoms with Gasteiger partial charge in [0.2, 0.25) is 6.79 Å². The van der Waals surface area contributed by atoms with Gasteiger partial charge < -0.3 is 18.8 Å². The molecule has 2 unspecified atom stereocenters. The van der Waals surface area contributed by atoms with Crippen LogP contribution in [0.5, 0.6) is 17.2 Å². The van der Waals surface area contributed by atoms with E-state index in [9.17, 15) is 0 Å². The van der Waals surface area contributed by atoms with E-state index in [1.807, 2.05) is 61.1 Å². The summed E-state index contributed by atoms with van der Waals surface area (Å²) in [6.45, 7) is 8.34. The largest absolute Gasteiger partial charge is 0.491 e.